The summed E-state index contributed by atoms with van der Waals surface area (Å²) in [4.78, 5) is 17.2. The molecule has 0 saturated carbocycles. The van der Waals surface area contributed by atoms with Crippen LogP contribution in [0.25, 0.3) is 0 Å². The Morgan fingerprint density at radius 2 is 2.17 bits per heavy atom. The van der Waals surface area contributed by atoms with Crippen molar-refractivity contribution in [1.29, 1.82) is 0 Å². The summed E-state index contributed by atoms with van der Waals surface area (Å²) in [6.07, 6.45) is 7.82. The summed E-state index contributed by atoms with van der Waals surface area (Å²) in [6, 6.07) is 2.36. The van der Waals surface area contributed by atoms with Crippen LogP contribution in [0.5, 0.6) is 0 Å². The van der Waals surface area contributed by atoms with Crippen LogP contribution >= 0.6 is 0 Å². The number of ether oxygens (including phenoxy) is 1. The maximum atomic E-state index is 12.4. The predicted molar refractivity (Wildman–Crippen MR) is 89.5 cm³/mol. The summed E-state index contributed by atoms with van der Waals surface area (Å²) in [5, 5.41) is 3.06. The fourth-order valence-corrected chi connectivity index (χ4v) is 4.27. The number of carbonyl (C=O) groups is 1. The summed E-state index contributed by atoms with van der Waals surface area (Å²) in [7, 11) is 0. The van der Waals surface area contributed by atoms with Gasteiger partial charge in [-0.05, 0) is 38.4 Å². The molecule has 3 atom stereocenters. The van der Waals surface area contributed by atoms with Crippen LogP contribution in [0, 0.1) is 0 Å². The van der Waals surface area contributed by atoms with Gasteiger partial charge in [0, 0.05) is 44.2 Å². The summed E-state index contributed by atoms with van der Waals surface area (Å²) < 4.78 is 11.2. The van der Waals surface area contributed by atoms with E-state index in [1.165, 1.54) is 31.5 Å². The first-order valence-electron chi connectivity index (χ1n) is 9.20. The van der Waals surface area contributed by atoms with Crippen LogP contribution < -0.4 is 5.32 Å². The zero-order chi connectivity index (χ0) is 16.4. The van der Waals surface area contributed by atoms with Crippen molar-refractivity contribution in [3.8, 4) is 0 Å². The summed E-state index contributed by atoms with van der Waals surface area (Å²) >= 11 is 0. The smallest absolute Gasteiger partial charge is 0.249 e. The molecule has 3 aliphatic heterocycles. The highest BCUT2D eigenvalue weighted by molar-refractivity contribution is 5.81. The molecule has 3 saturated heterocycles. The third-order valence-electron chi connectivity index (χ3n) is 5.58. The molecule has 3 aliphatic rings. The van der Waals surface area contributed by atoms with E-state index in [1.54, 1.807) is 12.5 Å². The van der Waals surface area contributed by atoms with E-state index in [1.807, 2.05) is 6.07 Å². The molecular weight excluding hydrogens is 306 g/mol. The first-order valence-corrected chi connectivity index (χ1v) is 9.20. The zero-order valence-corrected chi connectivity index (χ0v) is 14.2. The van der Waals surface area contributed by atoms with Crippen molar-refractivity contribution in [2.75, 3.05) is 32.7 Å². The standard InChI is InChI=1S/C18H27N3O3/c22-18(19-5-9-20-6-1-2-7-20)17-11-15-16(24-17)3-8-21(15)12-14-4-10-23-13-14/h4,10,13,15-17H,1-3,5-9,11-12H2,(H,19,22)/t15-,16-,17-/m0/s1. The Hall–Kier alpha value is -1.37. The fraction of sp³-hybridized carbons (Fsp3) is 0.722. The molecule has 4 heterocycles. The Balaban J connectivity index is 1.24. The van der Waals surface area contributed by atoms with E-state index in [0.29, 0.717) is 6.04 Å². The first kappa shape index (κ1) is 16.1. The lowest BCUT2D eigenvalue weighted by Crippen LogP contribution is -2.40. The Bertz CT molecular complexity index is 542. The second-order valence-corrected chi connectivity index (χ2v) is 7.20. The van der Waals surface area contributed by atoms with Gasteiger partial charge in [0.05, 0.1) is 18.6 Å². The van der Waals surface area contributed by atoms with Gasteiger partial charge in [-0.25, -0.2) is 0 Å². The number of amides is 1. The molecular formula is C18H27N3O3. The molecule has 0 radical (unpaired) electrons. The Kier molecular flexibility index (Phi) is 4.87. The Morgan fingerprint density at radius 3 is 2.96 bits per heavy atom. The highest BCUT2D eigenvalue weighted by Gasteiger charge is 2.45. The number of hydrogen-bond acceptors (Lipinski definition) is 5. The van der Waals surface area contributed by atoms with E-state index in [-0.39, 0.29) is 18.1 Å². The van der Waals surface area contributed by atoms with Crippen LogP contribution in [0.1, 0.15) is 31.2 Å². The van der Waals surface area contributed by atoms with Gasteiger partial charge in [-0.15, -0.1) is 0 Å². The lowest BCUT2D eigenvalue weighted by molar-refractivity contribution is -0.132. The zero-order valence-electron chi connectivity index (χ0n) is 14.2. The number of likely N-dealkylation sites (tertiary alicyclic amines) is 2. The van der Waals surface area contributed by atoms with Crippen LogP contribution in [0.4, 0.5) is 0 Å². The fourth-order valence-electron chi connectivity index (χ4n) is 4.27. The summed E-state index contributed by atoms with van der Waals surface area (Å²) in [5.41, 5.74) is 1.19. The van der Waals surface area contributed by atoms with Crippen LogP contribution in [0.2, 0.25) is 0 Å². The minimum atomic E-state index is -0.286. The minimum absolute atomic E-state index is 0.0619. The Morgan fingerprint density at radius 1 is 1.29 bits per heavy atom. The lowest BCUT2D eigenvalue weighted by Gasteiger charge is -2.21. The van der Waals surface area contributed by atoms with Crippen LogP contribution in [-0.4, -0.2) is 66.7 Å². The second kappa shape index (κ2) is 7.25. The third kappa shape index (κ3) is 3.50. The van der Waals surface area contributed by atoms with Crippen molar-refractivity contribution >= 4 is 5.91 Å². The second-order valence-electron chi connectivity index (χ2n) is 7.20. The van der Waals surface area contributed by atoms with Crippen molar-refractivity contribution in [1.82, 2.24) is 15.1 Å². The molecule has 6 heteroatoms. The minimum Gasteiger partial charge on any atom is -0.472 e. The molecule has 0 spiro atoms. The molecule has 0 unspecified atom stereocenters. The average Bonchev–Trinajstić information content (AvgIpc) is 3.34. The molecule has 1 N–H and O–H groups in total. The number of fused-ring (bicyclic) bond motifs is 1. The molecule has 132 valence electrons. The largest absolute Gasteiger partial charge is 0.472 e. The number of nitrogens with zero attached hydrogens (tertiary/aromatic N) is 2. The molecule has 1 aromatic heterocycles. The van der Waals surface area contributed by atoms with Gasteiger partial charge in [-0.2, -0.15) is 0 Å². The van der Waals surface area contributed by atoms with Crippen LogP contribution in [0.3, 0.4) is 0 Å². The topological polar surface area (TPSA) is 58.0 Å². The average molecular weight is 333 g/mol. The van der Waals surface area contributed by atoms with Gasteiger partial charge in [0.1, 0.15) is 6.10 Å². The van der Waals surface area contributed by atoms with Crippen molar-refractivity contribution in [3.63, 3.8) is 0 Å². The Labute approximate surface area is 143 Å². The SMILES string of the molecule is O=C(NCCN1CCCC1)[C@@H]1C[C@H]2[C@H](CCN2Cc2ccoc2)O1. The van der Waals surface area contributed by atoms with Gasteiger partial charge >= 0.3 is 0 Å². The normalized spacial score (nSPS) is 30.8. The van der Waals surface area contributed by atoms with Gasteiger partial charge in [0.15, 0.2) is 0 Å². The monoisotopic (exact) mass is 333 g/mol. The van der Waals surface area contributed by atoms with Gasteiger partial charge in [0.25, 0.3) is 0 Å². The van der Waals surface area contributed by atoms with E-state index < -0.39 is 0 Å². The van der Waals surface area contributed by atoms with E-state index in [2.05, 4.69) is 15.1 Å². The molecule has 0 aromatic carbocycles. The highest BCUT2D eigenvalue weighted by Crippen LogP contribution is 2.33. The van der Waals surface area contributed by atoms with E-state index in [9.17, 15) is 4.79 Å². The molecule has 6 nitrogen and oxygen atoms in total. The molecule has 24 heavy (non-hydrogen) atoms. The van der Waals surface area contributed by atoms with E-state index in [4.69, 9.17) is 9.15 Å². The van der Waals surface area contributed by atoms with Gasteiger partial charge in [-0.1, -0.05) is 0 Å². The number of rotatable bonds is 6. The van der Waals surface area contributed by atoms with E-state index >= 15 is 0 Å². The maximum Gasteiger partial charge on any atom is 0.249 e. The quantitative estimate of drug-likeness (QED) is 0.848. The molecule has 0 bridgehead atoms. The predicted octanol–water partition coefficient (Wildman–Crippen LogP) is 1.22. The molecule has 1 amide bonds. The van der Waals surface area contributed by atoms with Crippen LogP contribution in [0.15, 0.2) is 23.0 Å². The van der Waals surface area contributed by atoms with Gasteiger partial charge in [-0.3, -0.25) is 9.69 Å². The van der Waals surface area contributed by atoms with Gasteiger partial charge < -0.3 is 19.4 Å². The highest BCUT2D eigenvalue weighted by atomic mass is 16.5. The van der Waals surface area contributed by atoms with Crippen molar-refractivity contribution in [3.05, 3.63) is 24.2 Å². The summed E-state index contributed by atoms with van der Waals surface area (Å²) in [6.45, 7) is 5.94. The van der Waals surface area contributed by atoms with Crippen molar-refractivity contribution in [2.45, 2.75) is 50.5 Å². The number of carbonyl (C=O) groups excluding carboxylic acids is 1. The van der Waals surface area contributed by atoms with Crippen LogP contribution in [-0.2, 0) is 16.1 Å². The first-order chi connectivity index (χ1) is 11.8. The lowest BCUT2D eigenvalue weighted by atomic mass is 10.1. The van der Waals surface area contributed by atoms with Gasteiger partial charge in [0.2, 0.25) is 5.91 Å². The number of furan rings is 1. The number of nitrogens with one attached hydrogen (secondary N) is 1. The van der Waals surface area contributed by atoms with E-state index in [0.717, 1.165) is 39.0 Å². The molecule has 1 aromatic rings. The molecule has 3 fully saturated rings. The molecule has 0 aliphatic carbocycles. The summed E-state index contributed by atoms with van der Waals surface area (Å²) in [5.74, 6) is 0.0619. The van der Waals surface area contributed by atoms with Crippen molar-refractivity contribution in [2.24, 2.45) is 0 Å². The number of hydrogen-bond donors (Lipinski definition) is 1. The maximum absolute atomic E-state index is 12.4. The van der Waals surface area contributed by atoms with Crippen molar-refractivity contribution < 1.29 is 13.9 Å². The third-order valence-corrected chi connectivity index (χ3v) is 5.58. The molecule has 4 rings (SSSR count).